The lowest BCUT2D eigenvalue weighted by molar-refractivity contribution is 0.0230. The molecular weight excluding hydrogens is 238 g/mol. The Morgan fingerprint density at radius 1 is 1.24 bits per heavy atom. The minimum atomic E-state index is -0.180. The average molecular weight is 259 g/mol. The molecule has 1 heterocycles. The van der Waals surface area contributed by atoms with Gasteiger partial charge in [0.25, 0.3) is 0 Å². The van der Waals surface area contributed by atoms with Crippen LogP contribution in [0.2, 0.25) is 0 Å². The van der Waals surface area contributed by atoms with E-state index in [4.69, 9.17) is 9.47 Å². The van der Waals surface area contributed by atoms with Gasteiger partial charge in [0.05, 0.1) is 12.2 Å². The van der Waals surface area contributed by atoms with E-state index >= 15 is 0 Å². The summed E-state index contributed by atoms with van der Waals surface area (Å²) in [5, 5.41) is 13.6. The van der Waals surface area contributed by atoms with Crippen molar-refractivity contribution in [2.24, 2.45) is 0 Å². The fraction of sp³-hybridized carbons (Fsp3) is 0.818. The molecule has 0 unspecified atom stereocenters. The molecule has 17 heavy (non-hydrogen) atoms. The van der Waals surface area contributed by atoms with Crippen LogP contribution in [-0.4, -0.2) is 43.2 Å². The maximum Gasteiger partial charge on any atom is 0.131 e. The summed E-state index contributed by atoms with van der Waals surface area (Å²) in [4.78, 5) is 0. The van der Waals surface area contributed by atoms with E-state index in [1.54, 1.807) is 25.6 Å². The lowest BCUT2D eigenvalue weighted by Crippen LogP contribution is -2.25. The first-order valence-electron chi connectivity index (χ1n) is 5.63. The van der Waals surface area contributed by atoms with Crippen LogP contribution in [0.4, 0.5) is 0 Å². The van der Waals surface area contributed by atoms with E-state index in [0.717, 1.165) is 29.5 Å². The Hall–Kier alpha value is -0.560. The van der Waals surface area contributed by atoms with E-state index in [1.807, 2.05) is 13.8 Å². The highest BCUT2D eigenvalue weighted by Gasteiger charge is 2.19. The number of nitrogens with zero attached hydrogens (tertiary/aromatic N) is 2. The van der Waals surface area contributed by atoms with Crippen molar-refractivity contribution in [3.05, 3.63) is 10.0 Å². The molecule has 5 nitrogen and oxygen atoms in total. The van der Waals surface area contributed by atoms with E-state index in [2.05, 4.69) is 15.5 Å². The second kappa shape index (κ2) is 7.00. The van der Waals surface area contributed by atoms with Gasteiger partial charge in [-0.1, -0.05) is 0 Å². The van der Waals surface area contributed by atoms with E-state index in [-0.39, 0.29) is 5.60 Å². The highest BCUT2D eigenvalue weighted by atomic mass is 32.1. The molecule has 98 valence electrons. The normalized spacial score (nSPS) is 12.0. The minimum Gasteiger partial charge on any atom is -0.383 e. The SMILES string of the molecule is COCCNCc1nnc(CC(C)(C)OC)s1. The van der Waals surface area contributed by atoms with Crippen molar-refractivity contribution in [2.45, 2.75) is 32.4 Å². The molecule has 1 rings (SSSR count). The lowest BCUT2D eigenvalue weighted by Gasteiger charge is -2.20. The Kier molecular flexibility index (Phi) is 5.97. The van der Waals surface area contributed by atoms with Crippen molar-refractivity contribution in [1.82, 2.24) is 15.5 Å². The fourth-order valence-electron chi connectivity index (χ4n) is 1.24. The largest absolute Gasteiger partial charge is 0.383 e. The second-order valence-electron chi connectivity index (χ2n) is 4.40. The van der Waals surface area contributed by atoms with Crippen molar-refractivity contribution < 1.29 is 9.47 Å². The molecule has 1 aromatic heterocycles. The Balaban J connectivity index is 2.37. The van der Waals surface area contributed by atoms with Crippen molar-refractivity contribution in [2.75, 3.05) is 27.4 Å². The van der Waals surface area contributed by atoms with Crippen molar-refractivity contribution >= 4 is 11.3 Å². The third-order valence-electron chi connectivity index (χ3n) is 2.40. The van der Waals surface area contributed by atoms with Crippen LogP contribution in [0, 0.1) is 0 Å². The van der Waals surface area contributed by atoms with Crippen LogP contribution in [0.25, 0.3) is 0 Å². The molecule has 0 amide bonds. The Labute approximate surface area is 107 Å². The van der Waals surface area contributed by atoms with Gasteiger partial charge in [-0.3, -0.25) is 0 Å². The zero-order valence-electron chi connectivity index (χ0n) is 10.9. The summed E-state index contributed by atoms with van der Waals surface area (Å²) in [5.41, 5.74) is -0.180. The van der Waals surface area contributed by atoms with Gasteiger partial charge in [-0.15, -0.1) is 21.5 Å². The minimum absolute atomic E-state index is 0.180. The molecule has 1 aromatic rings. The van der Waals surface area contributed by atoms with Gasteiger partial charge in [-0.25, -0.2) is 0 Å². The van der Waals surface area contributed by atoms with Crippen molar-refractivity contribution in [3.63, 3.8) is 0 Å². The molecule has 0 spiro atoms. The third-order valence-corrected chi connectivity index (χ3v) is 3.32. The van der Waals surface area contributed by atoms with E-state index in [0.29, 0.717) is 6.61 Å². The Morgan fingerprint density at radius 3 is 2.59 bits per heavy atom. The Bertz CT molecular complexity index is 328. The number of methoxy groups -OCH3 is 2. The molecule has 1 N–H and O–H groups in total. The quantitative estimate of drug-likeness (QED) is 0.712. The van der Waals surface area contributed by atoms with Crippen molar-refractivity contribution in [3.8, 4) is 0 Å². The maximum atomic E-state index is 5.37. The van der Waals surface area contributed by atoms with E-state index in [1.165, 1.54) is 0 Å². The number of nitrogens with one attached hydrogen (secondary N) is 1. The van der Waals surface area contributed by atoms with Crippen LogP contribution >= 0.6 is 11.3 Å². The van der Waals surface area contributed by atoms with Gasteiger partial charge >= 0.3 is 0 Å². The van der Waals surface area contributed by atoms with Crippen LogP contribution in [0.15, 0.2) is 0 Å². The topological polar surface area (TPSA) is 56.3 Å². The fourth-order valence-corrected chi connectivity index (χ4v) is 2.27. The van der Waals surface area contributed by atoms with Gasteiger partial charge in [0.1, 0.15) is 10.0 Å². The summed E-state index contributed by atoms with van der Waals surface area (Å²) in [6.07, 6.45) is 0.791. The first kappa shape index (κ1) is 14.5. The molecule has 0 aliphatic rings. The summed E-state index contributed by atoms with van der Waals surface area (Å²) >= 11 is 1.63. The van der Waals surface area contributed by atoms with Gasteiger partial charge < -0.3 is 14.8 Å². The molecule has 6 heteroatoms. The maximum absolute atomic E-state index is 5.37. The predicted molar refractivity (Wildman–Crippen MR) is 68.3 cm³/mol. The Morgan fingerprint density at radius 2 is 1.94 bits per heavy atom. The molecule has 0 aromatic carbocycles. The van der Waals surface area contributed by atoms with Gasteiger partial charge in [0, 0.05) is 33.7 Å². The molecule has 0 fully saturated rings. The monoisotopic (exact) mass is 259 g/mol. The first-order chi connectivity index (χ1) is 8.07. The molecule has 0 atom stereocenters. The van der Waals surface area contributed by atoms with E-state index in [9.17, 15) is 0 Å². The summed E-state index contributed by atoms with van der Waals surface area (Å²) < 4.78 is 10.3. The lowest BCUT2D eigenvalue weighted by atomic mass is 10.1. The number of aromatic nitrogens is 2. The summed E-state index contributed by atoms with van der Waals surface area (Å²) in [7, 11) is 3.41. The molecule has 0 aliphatic carbocycles. The van der Waals surface area contributed by atoms with Crippen LogP contribution in [0.1, 0.15) is 23.9 Å². The molecule has 0 radical (unpaired) electrons. The molecule has 0 saturated carbocycles. The third kappa shape index (κ3) is 5.54. The van der Waals surface area contributed by atoms with Gasteiger partial charge in [0.15, 0.2) is 0 Å². The van der Waals surface area contributed by atoms with Crippen molar-refractivity contribution in [1.29, 1.82) is 0 Å². The smallest absolute Gasteiger partial charge is 0.131 e. The van der Waals surface area contributed by atoms with Gasteiger partial charge in [-0.05, 0) is 13.8 Å². The number of hydrogen-bond acceptors (Lipinski definition) is 6. The van der Waals surface area contributed by atoms with Gasteiger partial charge in [-0.2, -0.15) is 0 Å². The first-order valence-corrected chi connectivity index (χ1v) is 6.45. The van der Waals surface area contributed by atoms with Crippen LogP contribution in [0.5, 0.6) is 0 Å². The summed E-state index contributed by atoms with van der Waals surface area (Å²) in [5.74, 6) is 0. The highest BCUT2D eigenvalue weighted by molar-refractivity contribution is 7.11. The molecule has 0 bridgehead atoms. The number of ether oxygens (including phenoxy) is 2. The summed E-state index contributed by atoms with van der Waals surface area (Å²) in [6.45, 7) is 6.38. The van der Waals surface area contributed by atoms with Crippen LogP contribution in [-0.2, 0) is 22.4 Å². The van der Waals surface area contributed by atoms with Crippen LogP contribution < -0.4 is 5.32 Å². The second-order valence-corrected chi connectivity index (χ2v) is 5.55. The standard InChI is InChI=1S/C11H21N3O2S/c1-11(2,16-4)7-9-13-14-10(17-9)8-12-5-6-15-3/h12H,5-8H2,1-4H3. The molecule has 0 saturated heterocycles. The van der Waals surface area contributed by atoms with Crippen LogP contribution in [0.3, 0.4) is 0 Å². The predicted octanol–water partition coefficient (Wildman–Crippen LogP) is 1.24. The summed E-state index contributed by atoms with van der Waals surface area (Å²) in [6, 6.07) is 0. The zero-order chi connectivity index (χ0) is 12.7. The average Bonchev–Trinajstić information content (AvgIpc) is 2.71. The highest BCUT2D eigenvalue weighted by Crippen LogP contribution is 2.19. The number of rotatable bonds is 8. The molecule has 0 aliphatic heterocycles. The zero-order valence-corrected chi connectivity index (χ0v) is 11.8. The van der Waals surface area contributed by atoms with E-state index < -0.39 is 0 Å². The van der Waals surface area contributed by atoms with Gasteiger partial charge in [0.2, 0.25) is 0 Å². The molecular formula is C11H21N3O2S. The number of hydrogen-bond donors (Lipinski definition) is 1.